The molecule has 0 saturated heterocycles. The fourth-order valence-electron chi connectivity index (χ4n) is 3.30. The van der Waals surface area contributed by atoms with Crippen molar-refractivity contribution >= 4 is 17.2 Å². The molecule has 0 N–H and O–H groups in total. The molecule has 0 amide bonds. The highest BCUT2D eigenvalue weighted by Crippen LogP contribution is 2.38. The van der Waals surface area contributed by atoms with E-state index in [1.165, 1.54) is 37.7 Å². The lowest BCUT2D eigenvalue weighted by atomic mass is 9.84. The van der Waals surface area contributed by atoms with Gasteiger partial charge < -0.3 is 4.74 Å². The van der Waals surface area contributed by atoms with E-state index < -0.39 is 5.82 Å². The van der Waals surface area contributed by atoms with Crippen LogP contribution in [0.4, 0.5) is 4.39 Å². The summed E-state index contributed by atoms with van der Waals surface area (Å²) >= 11 is 6.29. The maximum atomic E-state index is 14.4. The summed E-state index contributed by atoms with van der Waals surface area (Å²) < 4.78 is 19.9. The fraction of sp³-hybridized carbons (Fsp3) is 0.619. The summed E-state index contributed by atoms with van der Waals surface area (Å²) in [5.41, 5.74) is 2.02. The van der Waals surface area contributed by atoms with Gasteiger partial charge >= 0.3 is 0 Å². The van der Waals surface area contributed by atoms with Gasteiger partial charge in [-0.3, -0.25) is 0 Å². The molecular weight excluding hydrogens is 323 g/mol. The van der Waals surface area contributed by atoms with Crippen LogP contribution in [0.2, 0.25) is 5.02 Å². The third-order valence-electron chi connectivity index (χ3n) is 4.88. The van der Waals surface area contributed by atoms with Crippen molar-refractivity contribution in [1.29, 1.82) is 0 Å². The van der Waals surface area contributed by atoms with Crippen molar-refractivity contribution < 1.29 is 9.13 Å². The van der Waals surface area contributed by atoms with Crippen LogP contribution in [0, 0.1) is 11.7 Å². The van der Waals surface area contributed by atoms with E-state index in [0.717, 1.165) is 37.2 Å². The van der Waals surface area contributed by atoms with Gasteiger partial charge in [0.05, 0.1) is 11.6 Å². The Bertz CT molecular complexity index is 553. The summed E-state index contributed by atoms with van der Waals surface area (Å²) in [6.45, 7) is 4.86. The van der Waals surface area contributed by atoms with Crippen LogP contribution in [-0.4, -0.2) is 6.61 Å². The summed E-state index contributed by atoms with van der Waals surface area (Å²) in [5, 5.41) is 0.208. The van der Waals surface area contributed by atoms with Gasteiger partial charge in [0.25, 0.3) is 0 Å². The molecule has 0 aliphatic heterocycles. The lowest BCUT2D eigenvalue weighted by Gasteiger charge is -2.23. The Balaban J connectivity index is 2.00. The Hall–Kier alpha value is -1.02. The molecule has 1 nitrogen and oxygen atoms in total. The quantitative estimate of drug-likeness (QED) is 0.420. The Morgan fingerprint density at radius 2 is 1.96 bits per heavy atom. The SMILES string of the molecule is CCCCCC1CC=C(c2ccc(OCCCC)c(F)c2Cl)CC1. The van der Waals surface area contributed by atoms with Crippen LogP contribution in [0.1, 0.15) is 77.2 Å². The minimum Gasteiger partial charge on any atom is -0.490 e. The number of allylic oxidation sites excluding steroid dienone is 2. The molecule has 0 bridgehead atoms. The van der Waals surface area contributed by atoms with E-state index in [1.54, 1.807) is 6.07 Å². The highest BCUT2D eigenvalue weighted by Gasteiger charge is 2.20. The van der Waals surface area contributed by atoms with E-state index in [1.807, 2.05) is 6.07 Å². The average Bonchev–Trinajstić information content (AvgIpc) is 2.60. The molecule has 24 heavy (non-hydrogen) atoms. The predicted molar refractivity (Wildman–Crippen MR) is 101 cm³/mol. The number of hydrogen-bond acceptors (Lipinski definition) is 1. The number of rotatable bonds is 9. The zero-order valence-electron chi connectivity index (χ0n) is 15.0. The largest absolute Gasteiger partial charge is 0.490 e. The van der Waals surface area contributed by atoms with E-state index in [9.17, 15) is 4.39 Å². The lowest BCUT2D eigenvalue weighted by molar-refractivity contribution is 0.294. The smallest absolute Gasteiger partial charge is 0.184 e. The molecule has 1 aliphatic carbocycles. The Morgan fingerprint density at radius 3 is 2.62 bits per heavy atom. The van der Waals surface area contributed by atoms with E-state index in [-0.39, 0.29) is 10.8 Å². The van der Waals surface area contributed by atoms with Gasteiger partial charge in [0, 0.05) is 0 Å². The Kier molecular flexibility index (Phi) is 8.11. The lowest BCUT2D eigenvalue weighted by Crippen LogP contribution is -2.06. The minimum atomic E-state index is -0.420. The van der Waals surface area contributed by atoms with Crippen LogP contribution < -0.4 is 4.74 Å². The molecule has 1 aliphatic rings. The zero-order valence-corrected chi connectivity index (χ0v) is 15.8. The molecule has 134 valence electrons. The van der Waals surface area contributed by atoms with Crippen molar-refractivity contribution in [3.8, 4) is 5.75 Å². The fourth-order valence-corrected chi connectivity index (χ4v) is 3.57. The monoisotopic (exact) mass is 352 g/mol. The summed E-state index contributed by atoms with van der Waals surface area (Å²) in [5.74, 6) is 0.628. The van der Waals surface area contributed by atoms with Crippen LogP contribution in [-0.2, 0) is 0 Å². The number of unbranched alkanes of at least 4 members (excludes halogenated alkanes) is 3. The van der Waals surface area contributed by atoms with Crippen molar-refractivity contribution in [2.45, 2.75) is 71.6 Å². The third-order valence-corrected chi connectivity index (χ3v) is 5.25. The first-order chi connectivity index (χ1) is 11.7. The van der Waals surface area contributed by atoms with Crippen molar-refractivity contribution in [3.05, 3.63) is 34.6 Å². The number of halogens is 2. The molecule has 0 aromatic heterocycles. The van der Waals surface area contributed by atoms with E-state index >= 15 is 0 Å². The van der Waals surface area contributed by atoms with Gasteiger partial charge in [0.1, 0.15) is 0 Å². The maximum Gasteiger partial charge on any atom is 0.184 e. The highest BCUT2D eigenvalue weighted by atomic mass is 35.5. The molecule has 0 heterocycles. The Labute approximate surface area is 151 Å². The van der Waals surface area contributed by atoms with Crippen LogP contribution >= 0.6 is 11.6 Å². The second-order valence-electron chi connectivity index (χ2n) is 6.81. The van der Waals surface area contributed by atoms with Gasteiger partial charge in [-0.25, -0.2) is 4.39 Å². The first kappa shape index (κ1) is 19.3. The topological polar surface area (TPSA) is 9.23 Å². The van der Waals surface area contributed by atoms with E-state index in [2.05, 4.69) is 19.9 Å². The standard InChI is InChI=1S/C21H30ClFO/c1-3-5-7-8-16-9-11-17(12-10-16)18-13-14-19(21(23)20(18)22)24-15-6-4-2/h11,13-14,16H,3-10,12,15H2,1-2H3. The van der Waals surface area contributed by atoms with Gasteiger partial charge in [0.2, 0.25) is 0 Å². The first-order valence-corrected chi connectivity index (χ1v) is 9.85. The van der Waals surface area contributed by atoms with Crippen LogP contribution in [0.25, 0.3) is 5.57 Å². The Morgan fingerprint density at radius 1 is 1.17 bits per heavy atom. The van der Waals surface area contributed by atoms with E-state index in [0.29, 0.717) is 6.61 Å². The number of ether oxygens (including phenoxy) is 1. The summed E-state index contributed by atoms with van der Waals surface area (Å²) in [4.78, 5) is 0. The van der Waals surface area contributed by atoms with Gasteiger partial charge in [-0.1, -0.05) is 63.6 Å². The van der Waals surface area contributed by atoms with Crippen molar-refractivity contribution in [3.63, 3.8) is 0 Å². The molecule has 1 aromatic rings. The van der Waals surface area contributed by atoms with Crippen molar-refractivity contribution in [2.75, 3.05) is 6.61 Å². The van der Waals surface area contributed by atoms with E-state index in [4.69, 9.17) is 16.3 Å². The van der Waals surface area contributed by atoms with Gasteiger partial charge in [-0.15, -0.1) is 0 Å². The molecule has 0 saturated carbocycles. The predicted octanol–water partition coefficient (Wildman–Crippen LogP) is 7.42. The molecule has 3 heteroatoms. The second kappa shape index (κ2) is 10.1. The molecule has 1 atom stereocenters. The third kappa shape index (κ3) is 5.24. The van der Waals surface area contributed by atoms with Crippen LogP contribution in [0.15, 0.2) is 18.2 Å². The molecule has 1 unspecified atom stereocenters. The molecule has 0 radical (unpaired) electrons. The summed E-state index contributed by atoms with van der Waals surface area (Å²) in [7, 11) is 0. The van der Waals surface area contributed by atoms with Gasteiger partial charge in [-0.2, -0.15) is 0 Å². The van der Waals surface area contributed by atoms with Crippen LogP contribution in [0.5, 0.6) is 5.75 Å². The average molecular weight is 353 g/mol. The minimum absolute atomic E-state index is 0.208. The molecular formula is C21H30ClFO. The number of benzene rings is 1. The summed E-state index contributed by atoms with van der Waals surface area (Å²) in [6, 6.07) is 3.64. The molecule has 2 rings (SSSR count). The molecule has 0 fully saturated rings. The molecule has 0 spiro atoms. The van der Waals surface area contributed by atoms with Crippen LogP contribution in [0.3, 0.4) is 0 Å². The van der Waals surface area contributed by atoms with Crippen molar-refractivity contribution in [1.82, 2.24) is 0 Å². The normalized spacial score (nSPS) is 17.7. The van der Waals surface area contributed by atoms with Gasteiger partial charge in [-0.05, 0) is 54.9 Å². The zero-order chi connectivity index (χ0) is 17.4. The van der Waals surface area contributed by atoms with Gasteiger partial charge in [0.15, 0.2) is 11.6 Å². The number of hydrogen-bond donors (Lipinski definition) is 0. The first-order valence-electron chi connectivity index (χ1n) is 9.47. The maximum absolute atomic E-state index is 14.4. The summed E-state index contributed by atoms with van der Waals surface area (Å²) in [6.07, 6.45) is 12.7. The second-order valence-corrected chi connectivity index (χ2v) is 7.18. The van der Waals surface area contributed by atoms with Crippen molar-refractivity contribution in [2.24, 2.45) is 5.92 Å². The highest BCUT2D eigenvalue weighted by molar-refractivity contribution is 6.32. The molecule has 1 aromatic carbocycles.